The second-order valence-corrected chi connectivity index (χ2v) is 8.08. The minimum Gasteiger partial charge on any atom is -0.495 e. The number of benzene rings is 2. The van der Waals surface area contributed by atoms with Crippen LogP contribution in [0.25, 0.3) is 0 Å². The molecule has 0 bridgehead atoms. The summed E-state index contributed by atoms with van der Waals surface area (Å²) in [5.41, 5.74) is 1.51. The predicted octanol–water partition coefficient (Wildman–Crippen LogP) is 3.04. The van der Waals surface area contributed by atoms with Crippen molar-refractivity contribution in [3.63, 3.8) is 0 Å². The van der Waals surface area contributed by atoms with Gasteiger partial charge in [-0.05, 0) is 49.2 Å². The quantitative estimate of drug-likeness (QED) is 0.756. The fourth-order valence-corrected chi connectivity index (χ4v) is 4.46. The van der Waals surface area contributed by atoms with Crippen molar-refractivity contribution in [2.24, 2.45) is 5.92 Å². The van der Waals surface area contributed by atoms with Crippen molar-refractivity contribution >= 4 is 17.5 Å². The Morgan fingerprint density at radius 3 is 2.35 bits per heavy atom. The van der Waals surface area contributed by atoms with Gasteiger partial charge in [-0.15, -0.1) is 0 Å². The number of nitrogens with zero attached hydrogens (tertiary/aromatic N) is 3. The maximum atomic E-state index is 13.2. The Morgan fingerprint density at radius 1 is 0.935 bits per heavy atom. The van der Waals surface area contributed by atoms with Gasteiger partial charge >= 0.3 is 0 Å². The molecule has 31 heavy (non-hydrogen) atoms. The van der Waals surface area contributed by atoms with Crippen LogP contribution in [0.2, 0.25) is 0 Å². The second-order valence-electron chi connectivity index (χ2n) is 8.08. The smallest absolute Gasteiger partial charge is 0.253 e. The lowest BCUT2D eigenvalue weighted by Crippen LogP contribution is -2.53. The largest absolute Gasteiger partial charge is 0.495 e. The Morgan fingerprint density at radius 2 is 1.65 bits per heavy atom. The van der Waals surface area contributed by atoms with Crippen LogP contribution in [0.5, 0.6) is 5.75 Å². The topological polar surface area (TPSA) is 53.1 Å². The molecule has 1 unspecified atom stereocenters. The fourth-order valence-electron chi connectivity index (χ4n) is 4.46. The fraction of sp³-hybridized carbons (Fsp3) is 0.417. The minimum atomic E-state index is -0.365. The average molecular weight is 426 g/mol. The van der Waals surface area contributed by atoms with Crippen LogP contribution < -0.4 is 9.64 Å². The van der Waals surface area contributed by atoms with Crippen molar-refractivity contribution in [3.05, 3.63) is 59.9 Å². The first-order valence-corrected chi connectivity index (χ1v) is 10.8. The molecular formula is C24H28FN3O3. The Kier molecular flexibility index (Phi) is 6.39. The molecule has 6 nitrogen and oxygen atoms in total. The average Bonchev–Trinajstić information content (AvgIpc) is 2.84. The van der Waals surface area contributed by atoms with Crippen LogP contribution in [0, 0.1) is 11.7 Å². The van der Waals surface area contributed by atoms with Crippen LogP contribution in [-0.4, -0.2) is 68.0 Å². The number of rotatable bonds is 4. The molecule has 164 valence electrons. The summed E-state index contributed by atoms with van der Waals surface area (Å²) in [7, 11) is 1.67. The Labute approximate surface area is 182 Å². The van der Waals surface area contributed by atoms with E-state index in [0.717, 1.165) is 37.4 Å². The van der Waals surface area contributed by atoms with E-state index in [4.69, 9.17) is 4.74 Å². The molecule has 2 aromatic rings. The molecule has 2 aliphatic rings. The minimum absolute atomic E-state index is 0.122. The lowest BCUT2D eigenvalue weighted by atomic mass is 9.95. The van der Waals surface area contributed by atoms with Crippen molar-refractivity contribution in [1.29, 1.82) is 0 Å². The normalized spacial score (nSPS) is 19.3. The molecule has 0 radical (unpaired) electrons. The van der Waals surface area contributed by atoms with E-state index in [1.165, 1.54) is 24.3 Å². The zero-order valence-electron chi connectivity index (χ0n) is 17.8. The van der Waals surface area contributed by atoms with Gasteiger partial charge in [-0.1, -0.05) is 12.1 Å². The number of carbonyl (C=O) groups excluding carboxylic acids is 2. The van der Waals surface area contributed by atoms with E-state index in [9.17, 15) is 14.0 Å². The summed E-state index contributed by atoms with van der Waals surface area (Å²) in [6.45, 7) is 3.84. The molecule has 2 heterocycles. The molecule has 7 heteroatoms. The Balaban J connectivity index is 1.35. The van der Waals surface area contributed by atoms with Gasteiger partial charge in [0.05, 0.1) is 18.7 Å². The number of methoxy groups -OCH3 is 1. The van der Waals surface area contributed by atoms with E-state index >= 15 is 0 Å². The molecule has 0 N–H and O–H groups in total. The molecule has 0 aromatic heterocycles. The molecule has 0 saturated carbocycles. The molecule has 2 amide bonds. The summed E-state index contributed by atoms with van der Waals surface area (Å²) >= 11 is 0. The van der Waals surface area contributed by atoms with E-state index in [1.807, 2.05) is 29.2 Å². The molecular weight excluding hydrogens is 397 g/mol. The molecule has 0 aliphatic carbocycles. The molecule has 2 fully saturated rings. The Bertz CT molecular complexity index is 926. The zero-order valence-corrected chi connectivity index (χ0v) is 17.8. The van der Waals surface area contributed by atoms with Crippen LogP contribution in [0.15, 0.2) is 48.5 Å². The molecule has 0 spiro atoms. The van der Waals surface area contributed by atoms with Crippen LogP contribution in [0.1, 0.15) is 23.2 Å². The standard InChI is InChI=1S/C24H28FN3O3/c1-31-22-7-3-2-6-21(22)26-13-15-27(16-14-26)24(30)19-5-4-12-28(17-19)23(29)18-8-10-20(25)11-9-18/h2-3,6-11,19H,4-5,12-17H2,1H3. The number of piperidine rings is 1. The van der Waals surface area contributed by atoms with Crippen molar-refractivity contribution < 1.29 is 18.7 Å². The van der Waals surface area contributed by atoms with Gasteiger partial charge in [-0.2, -0.15) is 0 Å². The summed E-state index contributed by atoms with van der Waals surface area (Å²) in [6, 6.07) is 13.5. The third kappa shape index (κ3) is 4.65. The summed E-state index contributed by atoms with van der Waals surface area (Å²) in [5.74, 6) is 0.269. The van der Waals surface area contributed by atoms with Crippen molar-refractivity contribution in [3.8, 4) is 5.75 Å². The molecule has 2 aromatic carbocycles. The van der Waals surface area contributed by atoms with Crippen LogP contribution in [0.4, 0.5) is 10.1 Å². The van der Waals surface area contributed by atoms with Crippen LogP contribution in [-0.2, 0) is 4.79 Å². The first kappa shape index (κ1) is 21.2. The highest BCUT2D eigenvalue weighted by molar-refractivity contribution is 5.94. The van der Waals surface area contributed by atoms with E-state index in [1.54, 1.807) is 12.0 Å². The van der Waals surface area contributed by atoms with Gasteiger partial charge in [0.1, 0.15) is 11.6 Å². The summed E-state index contributed by atoms with van der Waals surface area (Å²) in [5, 5.41) is 0. The number of piperazine rings is 1. The SMILES string of the molecule is COc1ccccc1N1CCN(C(=O)C2CCCN(C(=O)c3ccc(F)cc3)C2)CC1. The van der Waals surface area contributed by atoms with E-state index in [0.29, 0.717) is 31.7 Å². The summed E-state index contributed by atoms with van der Waals surface area (Å²) in [4.78, 5) is 31.8. The first-order valence-electron chi connectivity index (χ1n) is 10.8. The number of likely N-dealkylation sites (tertiary alicyclic amines) is 1. The number of ether oxygens (including phenoxy) is 1. The molecule has 1 atom stereocenters. The third-order valence-corrected chi connectivity index (χ3v) is 6.17. The molecule has 4 rings (SSSR count). The van der Waals surface area contributed by atoms with E-state index in [2.05, 4.69) is 4.90 Å². The number of halogens is 1. The number of amides is 2. The first-order chi connectivity index (χ1) is 15.1. The third-order valence-electron chi connectivity index (χ3n) is 6.17. The van der Waals surface area contributed by atoms with Gasteiger partial charge in [0.2, 0.25) is 5.91 Å². The number of carbonyl (C=O) groups is 2. The monoisotopic (exact) mass is 425 g/mol. The van der Waals surface area contributed by atoms with E-state index < -0.39 is 0 Å². The van der Waals surface area contributed by atoms with Gasteiger partial charge in [-0.3, -0.25) is 9.59 Å². The van der Waals surface area contributed by atoms with Crippen molar-refractivity contribution in [1.82, 2.24) is 9.80 Å². The lowest BCUT2D eigenvalue weighted by Gasteiger charge is -2.40. The van der Waals surface area contributed by atoms with Gasteiger partial charge < -0.3 is 19.4 Å². The lowest BCUT2D eigenvalue weighted by molar-refractivity contribution is -0.137. The Hall–Kier alpha value is -3.09. The highest BCUT2D eigenvalue weighted by Crippen LogP contribution is 2.29. The summed E-state index contributed by atoms with van der Waals surface area (Å²) < 4.78 is 18.6. The maximum Gasteiger partial charge on any atom is 0.253 e. The number of para-hydroxylation sites is 2. The zero-order chi connectivity index (χ0) is 21.8. The number of hydrogen-bond acceptors (Lipinski definition) is 4. The van der Waals surface area contributed by atoms with Crippen LogP contribution in [0.3, 0.4) is 0 Å². The van der Waals surface area contributed by atoms with E-state index in [-0.39, 0.29) is 23.5 Å². The van der Waals surface area contributed by atoms with Crippen molar-refractivity contribution in [2.45, 2.75) is 12.8 Å². The predicted molar refractivity (Wildman–Crippen MR) is 117 cm³/mol. The maximum absolute atomic E-state index is 13.2. The molecule has 2 aliphatic heterocycles. The van der Waals surface area contributed by atoms with Crippen molar-refractivity contribution in [2.75, 3.05) is 51.3 Å². The highest BCUT2D eigenvalue weighted by Gasteiger charge is 2.33. The van der Waals surface area contributed by atoms with Gasteiger partial charge in [-0.25, -0.2) is 4.39 Å². The second kappa shape index (κ2) is 9.37. The molecule has 2 saturated heterocycles. The van der Waals surface area contributed by atoms with Crippen LogP contribution >= 0.6 is 0 Å². The highest BCUT2D eigenvalue weighted by atomic mass is 19.1. The van der Waals surface area contributed by atoms with Gasteiger partial charge in [0.15, 0.2) is 0 Å². The number of anilines is 1. The van der Waals surface area contributed by atoms with Gasteiger partial charge in [0.25, 0.3) is 5.91 Å². The number of hydrogen-bond donors (Lipinski definition) is 0. The summed E-state index contributed by atoms with van der Waals surface area (Å²) in [6.07, 6.45) is 1.59. The van der Waals surface area contributed by atoms with Gasteiger partial charge in [0, 0.05) is 44.8 Å².